The molecular formula is C17H22N4O5S. The minimum absolute atomic E-state index is 0.00755. The quantitative estimate of drug-likeness (QED) is 0.593. The van der Waals surface area contributed by atoms with Crippen LogP contribution in [0.15, 0.2) is 34.4 Å². The van der Waals surface area contributed by atoms with Crippen LogP contribution in [-0.2, 0) is 25.7 Å². The lowest BCUT2D eigenvalue weighted by molar-refractivity contribution is -0.137. The molecule has 0 spiro atoms. The van der Waals surface area contributed by atoms with Crippen molar-refractivity contribution in [1.82, 2.24) is 15.2 Å². The molecule has 10 heteroatoms. The van der Waals surface area contributed by atoms with Gasteiger partial charge in [-0.1, -0.05) is 0 Å². The van der Waals surface area contributed by atoms with Crippen molar-refractivity contribution in [2.45, 2.75) is 19.4 Å². The Morgan fingerprint density at radius 3 is 2.81 bits per heavy atom. The molecule has 0 saturated heterocycles. The van der Waals surface area contributed by atoms with Crippen LogP contribution in [0.4, 0.5) is 5.13 Å². The summed E-state index contributed by atoms with van der Waals surface area (Å²) in [5.41, 5.74) is 0. The number of anilines is 1. The molecule has 2 N–H and O–H groups in total. The van der Waals surface area contributed by atoms with Crippen molar-refractivity contribution in [3.8, 4) is 0 Å². The lowest BCUT2D eigenvalue weighted by atomic mass is 10.2. The molecule has 0 aliphatic carbocycles. The fourth-order valence-corrected chi connectivity index (χ4v) is 2.71. The average molecular weight is 394 g/mol. The summed E-state index contributed by atoms with van der Waals surface area (Å²) in [6.45, 7) is 0.686. The van der Waals surface area contributed by atoms with Gasteiger partial charge in [-0.2, -0.15) is 0 Å². The van der Waals surface area contributed by atoms with Gasteiger partial charge >= 0.3 is 0 Å². The van der Waals surface area contributed by atoms with Crippen LogP contribution in [0, 0.1) is 0 Å². The molecule has 0 saturated carbocycles. The van der Waals surface area contributed by atoms with Gasteiger partial charge in [0.25, 0.3) is 0 Å². The zero-order valence-electron chi connectivity index (χ0n) is 15.0. The van der Waals surface area contributed by atoms with Crippen molar-refractivity contribution in [3.05, 3.63) is 35.7 Å². The average Bonchev–Trinajstić information content (AvgIpc) is 3.35. The number of rotatable bonds is 11. The molecule has 0 aliphatic rings. The van der Waals surface area contributed by atoms with E-state index < -0.39 is 0 Å². The van der Waals surface area contributed by atoms with Crippen molar-refractivity contribution >= 4 is 34.2 Å². The summed E-state index contributed by atoms with van der Waals surface area (Å²) >= 11 is 1.30. The maximum atomic E-state index is 12.4. The van der Waals surface area contributed by atoms with Gasteiger partial charge in [0.15, 0.2) is 5.13 Å². The first kappa shape index (κ1) is 20.6. The van der Waals surface area contributed by atoms with E-state index in [4.69, 9.17) is 9.15 Å². The number of aromatic nitrogens is 1. The van der Waals surface area contributed by atoms with Gasteiger partial charge in [0, 0.05) is 38.1 Å². The minimum atomic E-state index is -0.317. The minimum Gasteiger partial charge on any atom is -0.467 e. The smallest absolute Gasteiger partial charge is 0.240 e. The number of carbonyl (C=O) groups is 3. The van der Waals surface area contributed by atoms with E-state index in [0.29, 0.717) is 17.5 Å². The van der Waals surface area contributed by atoms with Crippen LogP contribution in [0.3, 0.4) is 0 Å². The zero-order chi connectivity index (χ0) is 19.5. The van der Waals surface area contributed by atoms with Gasteiger partial charge in [-0.05, 0) is 12.1 Å². The SMILES string of the molecule is COCCN(CC(=O)NCc1ccco1)C(=O)CCC(=O)Nc1nccs1. The van der Waals surface area contributed by atoms with Crippen LogP contribution in [0.25, 0.3) is 0 Å². The Morgan fingerprint density at radius 2 is 2.15 bits per heavy atom. The summed E-state index contributed by atoms with van der Waals surface area (Å²) in [6, 6.07) is 3.47. The topological polar surface area (TPSA) is 114 Å². The number of ether oxygens (including phenoxy) is 1. The molecule has 2 rings (SSSR count). The van der Waals surface area contributed by atoms with E-state index in [0.717, 1.165) is 0 Å². The normalized spacial score (nSPS) is 10.4. The van der Waals surface area contributed by atoms with Gasteiger partial charge in [-0.15, -0.1) is 11.3 Å². The van der Waals surface area contributed by atoms with Crippen LogP contribution in [-0.4, -0.2) is 54.4 Å². The number of carbonyl (C=O) groups excluding carboxylic acids is 3. The Kier molecular flexibility index (Phi) is 8.46. The number of amides is 3. The Labute approximate surface area is 160 Å². The molecule has 2 aromatic rings. The van der Waals surface area contributed by atoms with Gasteiger partial charge in [-0.3, -0.25) is 14.4 Å². The lowest BCUT2D eigenvalue weighted by Crippen LogP contribution is -2.42. The Balaban J connectivity index is 1.78. The molecule has 0 fully saturated rings. The summed E-state index contributed by atoms with van der Waals surface area (Å²) in [5, 5.41) is 7.54. The molecule has 0 atom stereocenters. The molecule has 0 aromatic carbocycles. The molecule has 9 nitrogen and oxygen atoms in total. The van der Waals surface area contributed by atoms with Crippen molar-refractivity contribution in [3.63, 3.8) is 0 Å². The van der Waals surface area contributed by atoms with E-state index in [2.05, 4.69) is 15.6 Å². The van der Waals surface area contributed by atoms with E-state index in [1.54, 1.807) is 23.7 Å². The van der Waals surface area contributed by atoms with Crippen LogP contribution < -0.4 is 10.6 Å². The first-order valence-electron chi connectivity index (χ1n) is 8.33. The summed E-state index contributed by atoms with van der Waals surface area (Å²) in [4.78, 5) is 41.7. The Morgan fingerprint density at radius 1 is 1.30 bits per heavy atom. The second-order valence-electron chi connectivity index (χ2n) is 5.55. The molecule has 0 radical (unpaired) electrons. The van der Waals surface area contributed by atoms with E-state index in [1.165, 1.54) is 29.6 Å². The Bertz CT molecular complexity index is 718. The third-order valence-electron chi connectivity index (χ3n) is 3.54. The number of nitrogens with zero attached hydrogens (tertiary/aromatic N) is 2. The molecule has 27 heavy (non-hydrogen) atoms. The molecule has 146 valence electrons. The van der Waals surface area contributed by atoms with Crippen LogP contribution in [0.5, 0.6) is 0 Å². The molecule has 2 aromatic heterocycles. The van der Waals surface area contributed by atoms with Gasteiger partial charge in [0.2, 0.25) is 17.7 Å². The summed E-state index contributed by atoms with van der Waals surface area (Å²) in [6.07, 6.45) is 3.11. The van der Waals surface area contributed by atoms with Crippen molar-refractivity contribution in [1.29, 1.82) is 0 Å². The number of hydrogen-bond donors (Lipinski definition) is 2. The van der Waals surface area contributed by atoms with Gasteiger partial charge in [0.05, 0.1) is 26.0 Å². The van der Waals surface area contributed by atoms with Crippen LogP contribution in [0.1, 0.15) is 18.6 Å². The van der Waals surface area contributed by atoms with Gasteiger partial charge < -0.3 is 24.7 Å². The largest absolute Gasteiger partial charge is 0.467 e. The maximum absolute atomic E-state index is 12.4. The highest BCUT2D eigenvalue weighted by atomic mass is 32.1. The van der Waals surface area contributed by atoms with E-state index in [9.17, 15) is 14.4 Å². The van der Waals surface area contributed by atoms with Crippen molar-refractivity contribution in [2.24, 2.45) is 0 Å². The highest BCUT2D eigenvalue weighted by molar-refractivity contribution is 7.13. The van der Waals surface area contributed by atoms with Crippen molar-refractivity contribution in [2.75, 3.05) is 32.1 Å². The number of furan rings is 1. The van der Waals surface area contributed by atoms with Crippen molar-refractivity contribution < 1.29 is 23.5 Å². The predicted molar refractivity (Wildman–Crippen MR) is 99.0 cm³/mol. The second-order valence-corrected chi connectivity index (χ2v) is 6.44. The number of thiazole rings is 1. The zero-order valence-corrected chi connectivity index (χ0v) is 15.8. The molecule has 0 aliphatic heterocycles. The summed E-state index contributed by atoms with van der Waals surface area (Å²) < 4.78 is 10.1. The molecular weight excluding hydrogens is 372 g/mol. The van der Waals surface area contributed by atoms with Gasteiger partial charge in [0.1, 0.15) is 5.76 Å². The monoisotopic (exact) mass is 394 g/mol. The second kappa shape index (κ2) is 11.1. The summed E-state index contributed by atoms with van der Waals surface area (Å²) in [5.74, 6) is -0.290. The number of hydrogen-bond acceptors (Lipinski definition) is 7. The first-order chi connectivity index (χ1) is 13.1. The maximum Gasteiger partial charge on any atom is 0.240 e. The molecule has 2 heterocycles. The lowest BCUT2D eigenvalue weighted by Gasteiger charge is -2.21. The molecule has 0 unspecified atom stereocenters. The highest BCUT2D eigenvalue weighted by Crippen LogP contribution is 2.11. The standard InChI is InChI=1S/C17H22N4O5S/c1-25-9-7-21(12-15(23)19-11-13-3-2-8-26-13)16(24)5-4-14(22)20-17-18-6-10-27-17/h2-3,6,8,10H,4-5,7,9,11-12H2,1H3,(H,19,23)(H,18,20,22). The molecule has 0 bridgehead atoms. The predicted octanol–water partition coefficient (Wildman–Crippen LogP) is 1.25. The van der Waals surface area contributed by atoms with E-state index in [1.807, 2.05) is 0 Å². The van der Waals surface area contributed by atoms with Gasteiger partial charge in [-0.25, -0.2) is 4.98 Å². The Hall–Kier alpha value is -2.72. The fraction of sp³-hybridized carbons (Fsp3) is 0.412. The molecule has 3 amide bonds. The highest BCUT2D eigenvalue weighted by Gasteiger charge is 2.18. The fourth-order valence-electron chi connectivity index (χ4n) is 2.17. The van der Waals surface area contributed by atoms with E-state index in [-0.39, 0.29) is 50.2 Å². The number of methoxy groups -OCH3 is 1. The first-order valence-corrected chi connectivity index (χ1v) is 9.21. The van der Waals surface area contributed by atoms with E-state index >= 15 is 0 Å². The number of nitrogens with one attached hydrogen (secondary N) is 2. The third kappa shape index (κ3) is 7.59. The summed E-state index contributed by atoms with van der Waals surface area (Å²) in [7, 11) is 1.51. The van der Waals surface area contributed by atoms with Crippen LogP contribution >= 0.6 is 11.3 Å². The van der Waals surface area contributed by atoms with Crippen LogP contribution in [0.2, 0.25) is 0 Å². The third-order valence-corrected chi connectivity index (χ3v) is 4.23.